The Morgan fingerprint density at radius 2 is 1.84 bits per heavy atom. The molecule has 0 radical (unpaired) electrons. The molecule has 1 aromatic carbocycles. The van der Waals surface area contributed by atoms with E-state index in [0.29, 0.717) is 6.42 Å². The minimum absolute atomic E-state index is 0.173. The fourth-order valence-corrected chi connectivity index (χ4v) is 5.43. The fraction of sp³-hybridized carbons (Fsp3) is 0.375. The van der Waals surface area contributed by atoms with Crippen LogP contribution in [0.2, 0.25) is 0 Å². The van der Waals surface area contributed by atoms with E-state index in [2.05, 4.69) is 39.4 Å². The topological polar surface area (TPSA) is 58.6 Å². The number of thiophene rings is 1. The van der Waals surface area contributed by atoms with Crippen LogP contribution in [0.1, 0.15) is 39.0 Å². The third-order valence-electron chi connectivity index (χ3n) is 6.23. The molecule has 0 bridgehead atoms. The summed E-state index contributed by atoms with van der Waals surface area (Å²) in [6.45, 7) is 5.42. The number of anilines is 2. The molecule has 31 heavy (non-hydrogen) atoms. The minimum atomic E-state index is 0.173. The number of hydrogen-bond acceptors (Lipinski definition) is 7. The molecule has 6 nitrogen and oxygen atoms in total. The molecule has 0 amide bonds. The molecular formula is C24H26N4O2S. The van der Waals surface area contributed by atoms with E-state index in [1.807, 2.05) is 19.1 Å². The molecule has 0 saturated carbocycles. The van der Waals surface area contributed by atoms with E-state index in [4.69, 9.17) is 14.7 Å². The Morgan fingerprint density at radius 3 is 2.58 bits per heavy atom. The van der Waals surface area contributed by atoms with Crippen molar-refractivity contribution in [1.82, 2.24) is 9.97 Å². The van der Waals surface area contributed by atoms with Crippen LogP contribution in [0, 0.1) is 6.92 Å². The first-order valence-electron chi connectivity index (χ1n) is 10.7. The molecule has 0 unspecified atom stereocenters. The van der Waals surface area contributed by atoms with Gasteiger partial charge >= 0.3 is 0 Å². The van der Waals surface area contributed by atoms with Gasteiger partial charge < -0.3 is 14.5 Å². The van der Waals surface area contributed by atoms with Crippen molar-refractivity contribution in [3.05, 3.63) is 63.6 Å². The molecule has 1 atom stereocenters. The van der Waals surface area contributed by atoms with Crippen molar-refractivity contribution in [2.75, 3.05) is 43.1 Å². The van der Waals surface area contributed by atoms with E-state index in [-0.39, 0.29) is 11.7 Å². The summed E-state index contributed by atoms with van der Waals surface area (Å²) < 4.78 is 5.36. The highest BCUT2D eigenvalue weighted by Crippen LogP contribution is 2.35. The van der Waals surface area contributed by atoms with Crippen LogP contribution in [-0.2, 0) is 6.42 Å². The molecule has 1 aliphatic carbocycles. The number of fused-ring (bicyclic) bond motifs is 1. The van der Waals surface area contributed by atoms with Crippen molar-refractivity contribution in [2.45, 2.75) is 25.7 Å². The van der Waals surface area contributed by atoms with E-state index < -0.39 is 0 Å². The van der Waals surface area contributed by atoms with Gasteiger partial charge in [-0.15, -0.1) is 11.3 Å². The minimum Gasteiger partial charge on any atom is -0.497 e. The molecule has 5 rings (SSSR count). The number of ketones is 1. The smallest absolute Gasteiger partial charge is 0.225 e. The first-order valence-corrected chi connectivity index (χ1v) is 11.6. The average molecular weight is 435 g/mol. The normalized spacial score (nSPS) is 18.8. The maximum absolute atomic E-state index is 12.8. The number of aryl methyl sites for hydroxylation is 1. The first kappa shape index (κ1) is 20.0. The number of methoxy groups -OCH3 is 1. The lowest BCUT2D eigenvalue weighted by molar-refractivity contribution is 0.0962. The highest BCUT2D eigenvalue weighted by Gasteiger charge is 2.31. The number of carbonyl (C=O) groups is 1. The molecule has 2 aromatic heterocycles. The molecule has 3 heterocycles. The fourth-order valence-electron chi connectivity index (χ4n) is 4.60. The van der Waals surface area contributed by atoms with Crippen LogP contribution in [-0.4, -0.2) is 49.0 Å². The molecule has 1 fully saturated rings. The van der Waals surface area contributed by atoms with Crippen molar-refractivity contribution in [1.29, 1.82) is 0 Å². The van der Waals surface area contributed by atoms with Gasteiger partial charge in [-0.3, -0.25) is 4.79 Å². The number of piperazine rings is 1. The number of nitrogens with zero attached hydrogens (tertiary/aromatic N) is 4. The van der Waals surface area contributed by atoms with Crippen molar-refractivity contribution >= 4 is 28.8 Å². The van der Waals surface area contributed by atoms with Gasteiger partial charge in [-0.25, -0.2) is 9.97 Å². The predicted molar refractivity (Wildman–Crippen MR) is 124 cm³/mol. The Balaban J connectivity index is 1.34. The van der Waals surface area contributed by atoms with Gasteiger partial charge in [-0.2, -0.15) is 0 Å². The van der Waals surface area contributed by atoms with Crippen molar-refractivity contribution in [2.24, 2.45) is 0 Å². The molecule has 2 aliphatic rings. The van der Waals surface area contributed by atoms with Gasteiger partial charge in [-0.05, 0) is 36.9 Å². The van der Waals surface area contributed by atoms with E-state index in [1.54, 1.807) is 18.4 Å². The number of hydrogen-bond donors (Lipinski definition) is 0. The summed E-state index contributed by atoms with van der Waals surface area (Å²) in [6.07, 6.45) is 1.36. The number of aromatic nitrogens is 2. The number of carbonyl (C=O) groups excluding carboxylic acids is 1. The standard InChI is InChI=1S/C24H26N4O2S/c1-16-23-20(13-17(14-21(23)29)22-7-4-12-31-22)26-24(25-16)28-10-8-27(9-11-28)18-5-3-6-19(15-18)30-2/h3-7,12,15,17H,8-11,13-14H2,1-2H3/t17-/m0/s1. The van der Waals surface area contributed by atoms with Crippen LogP contribution < -0.4 is 14.5 Å². The van der Waals surface area contributed by atoms with E-state index in [9.17, 15) is 4.79 Å². The van der Waals surface area contributed by atoms with Crippen LogP contribution in [0.25, 0.3) is 0 Å². The summed E-state index contributed by atoms with van der Waals surface area (Å²) in [7, 11) is 1.70. The highest BCUT2D eigenvalue weighted by atomic mass is 32.1. The largest absolute Gasteiger partial charge is 0.497 e. The van der Waals surface area contributed by atoms with Gasteiger partial charge in [-0.1, -0.05) is 12.1 Å². The Labute approximate surface area is 186 Å². The molecule has 7 heteroatoms. The van der Waals surface area contributed by atoms with Gasteiger partial charge in [0.2, 0.25) is 5.95 Å². The van der Waals surface area contributed by atoms with Gasteiger partial charge in [0, 0.05) is 55.1 Å². The van der Waals surface area contributed by atoms with Gasteiger partial charge in [0.05, 0.1) is 24.1 Å². The average Bonchev–Trinajstić information content (AvgIpc) is 3.34. The lowest BCUT2D eigenvalue weighted by atomic mass is 9.84. The van der Waals surface area contributed by atoms with Gasteiger partial charge in [0.25, 0.3) is 0 Å². The second-order valence-corrected chi connectivity index (χ2v) is 9.13. The molecule has 3 aromatic rings. The van der Waals surface area contributed by atoms with E-state index >= 15 is 0 Å². The summed E-state index contributed by atoms with van der Waals surface area (Å²) in [4.78, 5) is 28.3. The summed E-state index contributed by atoms with van der Waals surface area (Å²) in [5, 5.41) is 2.08. The highest BCUT2D eigenvalue weighted by molar-refractivity contribution is 7.10. The van der Waals surface area contributed by atoms with Crippen LogP contribution in [0.3, 0.4) is 0 Å². The third-order valence-corrected chi connectivity index (χ3v) is 7.26. The molecule has 1 aliphatic heterocycles. The number of rotatable bonds is 4. The van der Waals surface area contributed by atoms with Crippen molar-refractivity contribution in [3.63, 3.8) is 0 Å². The van der Waals surface area contributed by atoms with Crippen LogP contribution in [0.5, 0.6) is 5.75 Å². The maximum atomic E-state index is 12.8. The van der Waals surface area contributed by atoms with Crippen LogP contribution >= 0.6 is 11.3 Å². The Morgan fingerprint density at radius 1 is 1.03 bits per heavy atom. The molecular weight excluding hydrogens is 408 g/mol. The zero-order chi connectivity index (χ0) is 21.4. The zero-order valence-corrected chi connectivity index (χ0v) is 18.7. The number of Topliss-reactive ketones (excluding diaryl/α,β-unsaturated/α-hetero) is 1. The second kappa shape index (κ2) is 8.30. The van der Waals surface area contributed by atoms with Gasteiger partial charge in [0.15, 0.2) is 5.78 Å². The zero-order valence-electron chi connectivity index (χ0n) is 17.9. The van der Waals surface area contributed by atoms with E-state index in [1.165, 1.54) is 10.6 Å². The van der Waals surface area contributed by atoms with Crippen molar-refractivity contribution in [3.8, 4) is 5.75 Å². The summed E-state index contributed by atoms with van der Waals surface area (Å²) in [6, 6.07) is 12.4. The predicted octanol–water partition coefficient (Wildman–Crippen LogP) is 4.09. The molecule has 0 N–H and O–H groups in total. The summed E-state index contributed by atoms with van der Waals surface area (Å²) >= 11 is 1.72. The first-order chi connectivity index (χ1) is 15.1. The van der Waals surface area contributed by atoms with E-state index in [0.717, 1.165) is 61.2 Å². The number of benzene rings is 1. The lowest BCUT2D eigenvalue weighted by Crippen LogP contribution is -2.47. The third kappa shape index (κ3) is 3.90. The van der Waals surface area contributed by atoms with Crippen LogP contribution in [0.4, 0.5) is 11.6 Å². The Hall–Kier alpha value is -2.93. The Kier molecular flexibility index (Phi) is 5.36. The lowest BCUT2D eigenvalue weighted by Gasteiger charge is -2.36. The number of ether oxygens (including phenoxy) is 1. The molecule has 160 valence electrons. The quantitative estimate of drug-likeness (QED) is 0.616. The maximum Gasteiger partial charge on any atom is 0.225 e. The Bertz CT molecular complexity index is 1090. The molecule has 1 saturated heterocycles. The second-order valence-electron chi connectivity index (χ2n) is 8.15. The summed E-state index contributed by atoms with van der Waals surface area (Å²) in [5.41, 5.74) is 3.63. The monoisotopic (exact) mass is 434 g/mol. The van der Waals surface area contributed by atoms with Gasteiger partial charge in [0.1, 0.15) is 5.75 Å². The molecule has 0 spiro atoms. The summed E-state index contributed by atoms with van der Waals surface area (Å²) in [5.74, 6) is 2.03. The van der Waals surface area contributed by atoms with Crippen LogP contribution in [0.15, 0.2) is 41.8 Å². The SMILES string of the molecule is COc1cccc(N2CCN(c3nc(C)c4c(n3)C[C@H](c3cccs3)CC4=O)CC2)c1. The van der Waals surface area contributed by atoms with Crippen molar-refractivity contribution < 1.29 is 9.53 Å².